The normalized spacial score (nSPS) is 10.6. The Morgan fingerprint density at radius 2 is 1.95 bits per heavy atom. The van der Waals surface area contributed by atoms with Crippen LogP contribution < -0.4 is 10.5 Å². The summed E-state index contributed by atoms with van der Waals surface area (Å²) in [7, 11) is 0. The molecule has 3 aromatic rings. The van der Waals surface area contributed by atoms with Crippen LogP contribution in [0.2, 0.25) is 0 Å². The molecule has 5 heteroatoms. The van der Waals surface area contributed by atoms with E-state index in [0.717, 1.165) is 10.9 Å². The van der Waals surface area contributed by atoms with Crippen molar-refractivity contribution in [2.75, 3.05) is 5.73 Å². The quantitative estimate of drug-likeness (QED) is 0.288. The van der Waals surface area contributed by atoms with Gasteiger partial charge in [0.2, 0.25) is 0 Å². The number of rotatable bonds is 2. The van der Waals surface area contributed by atoms with Crippen LogP contribution in [0, 0.1) is 0 Å². The lowest BCUT2D eigenvalue weighted by Crippen LogP contribution is -2.11. The molecule has 2 aromatic carbocycles. The van der Waals surface area contributed by atoms with Crippen LogP contribution in [0.5, 0.6) is 11.5 Å². The zero-order chi connectivity index (χ0) is 14.1. The molecule has 5 nitrogen and oxygen atoms in total. The summed E-state index contributed by atoms with van der Waals surface area (Å²) in [5.41, 5.74) is 6.55. The molecule has 0 unspecified atom stereocenters. The largest absolute Gasteiger partial charge is 0.506 e. The fourth-order valence-corrected chi connectivity index (χ4v) is 2.03. The van der Waals surface area contributed by atoms with Gasteiger partial charge in [0, 0.05) is 11.6 Å². The molecule has 0 aliphatic rings. The number of phenols is 1. The molecule has 0 bridgehead atoms. The number of hydrogen-bond donors (Lipinski definition) is 3. The van der Waals surface area contributed by atoms with Crippen molar-refractivity contribution in [3.05, 3.63) is 54.2 Å². The number of H-pyrrole nitrogens is 1. The number of aromatic amines is 1. The van der Waals surface area contributed by atoms with E-state index in [9.17, 15) is 9.90 Å². The third-order valence-electron chi connectivity index (χ3n) is 3.05. The highest BCUT2D eigenvalue weighted by Gasteiger charge is 2.15. The molecule has 100 valence electrons. The minimum Gasteiger partial charge on any atom is -0.506 e. The van der Waals surface area contributed by atoms with Crippen molar-refractivity contribution in [3.8, 4) is 11.5 Å². The van der Waals surface area contributed by atoms with Crippen molar-refractivity contribution in [1.29, 1.82) is 0 Å². The summed E-state index contributed by atoms with van der Waals surface area (Å²) < 4.78 is 5.35. The van der Waals surface area contributed by atoms with E-state index in [2.05, 4.69) is 4.98 Å². The van der Waals surface area contributed by atoms with Gasteiger partial charge in [-0.1, -0.05) is 18.2 Å². The van der Waals surface area contributed by atoms with Crippen LogP contribution in [-0.2, 0) is 0 Å². The second-order valence-electron chi connectivity index (χ2n) is 4.33. The molecule has 0 saturated heterocycles. The first-order chi connectivity index (χ1) is 9.66. The summed E-state index contributed by atoms with van der Waals surface area (Å²) >= 11 is 0. The number of carbonyl (C=O) groups is 1. The molecule has 3 rings (SSSR count). The molecule has 0 saturated carbocycles. The minimum atomic E-state index is -0.611. The second kappa shape index (κ2) is 4.62. The molecule has 0 aliphatic carbocycles. The summed E-state index contributed by atoms with van der Waals surface area (Å²) in [6.07, 6.45) is 1.77. The van der Waals surface area contributed by atoms with Gasteiger partial charge in [0.25, 0.3) is 0 Å². The highest BCUT2D eigenvalue weighted by atomic mass is 16.5. The lowest BCUT2D eigenvalue weighted by atomic mass is 10.1. The number of nitrogen functional groups attached to an aromatic ring is 1. The number of aromatic nitrogens is 1. The number of para-hydroxylation sites is 2. The summed E-state index contributed by atoms with van der Waals surface area (Å²) in [6, 6.07) is 11.7. The van der Waals surface area contributed by atoms with Crippen LogP contribution >= 0.6 is 0 Å². The molecule has 20 heavy (non-hydrogen) atoms. The van der Waals surface area contributed by atoms with Crippen molar-refractivity contribution in [1.82, 2.24) is 4.98 Å². The maximum absolute atomic E-state index is 12.1. The molecule has 0 amide bonds. The Balaban J connectivity index is 1.97. The van der Waals surface area contributed by atoms with E-state index in [1.165, 1.54) is 18.2 Å². The standard InChI is InChI=1S/C15H12N2O3/c16-13-10(4-2-5-11(13)18)15(19)20-12-6-1-3-9-7-8-17-14(9)12/h1-8,17-18H,16H2. The van der Waals surface area contributed by atoms with Crippen molar-refractivity contribution in [2.45, 2.75) is 0 Å². The summed E-state index contributed by atoms with van der Waals surface area (Å²) in [5.74, 6) is -0.335. The van der Waals surface area contributed by atoms with E-state index < -0.39 is 5.97 Å². The number of nitrogens with one attached hydrogen (secondary N) is 1. The highest BCUT2D eigenvalue weighted by Crippen LogP contribution is 2.27. The smallest absolute Gasteiger partial charge is 0.345 e. The molecule has 1 heterocycles. The van der Waals surface area contributed by atoms with Crippen LogP contribution in [0.1, 0.15) is 10.4 Å². The Morgan fingerprint density at radius 1 is 1.15 bits per heavy atom. The van der Waals surface area contributed by atoms with Gasteiger partial charge in [-0.25, -0.2) is 4.79 Å². The first kappa shape index (κ1) is 12.1. The number of phenolic OH excluding ortho intramolecular Hbond substituents is 1. The van der Waals surface area contributed by atoms with E-state index in [1.54, 1.807) is 18.3 Å². The Kier molecular flexibility index (Phi) is 2.80. The number of nitrogens with two attached hydrogens (primary N) is 1. The van der Waals surface area contributed by atoms with E-state index in [0.29, 0.717) is 5.75 Å². The predicted molar refractivity (Wildman–Crippen MR) is 75.8 cm³/mol. The fourth-order valence-electron chi connectivity index (χ4n) is 2.03. The molecule has 0 radical (unpaired) electrons. The van der Waals surface area contributed by atoms with E-state index in [1.807, 2.05) is 12.1 Å². The van der Waals surface area contributed by atoms with Gasteiger partial charge in [-0.15, -0.1) is 0 Å². The highest BCUT2D eigenvalue weighted by molar-refractivity contribution is 5.99. The van der Waals surface area contributed by atoms with Gasteiger partial charge >= 0.3 is 5.97 Å². The first-order valence-corrected chi connectivity index (χ1v) is 6.02. The Labute approximate surface area is 114 Å². The maximum Gasteiger partial charge on any atom is 0.345 e. The number of hydrogen-bond acceptors (Lipinski definition) is 4. The summed E-state index contributed by atoms with van der Waals surface area (Å²) in [5, 5.41) is 10.5. The number of aromatic hydroxyl groups is 1. The third kappa shape index (κ3) is 1.95. The average molecular weight is 268 g/mol. The Hall–Kier alpha value is -2.95. The SMILES string of the molecule is Nc1c(O)cccc1C(=O)Oc1cccc2cc[nH]c12. The van der Waals surface area contributed by atoms with Gasteiger partial charge in [-0.2, -0.15) is 0 Å². The van der Waals surface area contributed by atoms with Crippen LogP contribution in [0.3, 0.4) is 0 Å². The molecule has 4 N–H and O–H groups in total. The number of benzene rings is 2. The van der Waals surface area contributed by atoms with Crippen LogP contribution in [0.4, 0.5) is 5.69 Å². The number of carbonyl (C=O) groups excluding carboxylic acids is 1. The van der Waals surface area contributed by atoms with Crippen molar-refractivity contribution < 1.29 is 14.6 Å². The van der Waals surface area contributed by atoms with Crippen molar-refractivity contribution >= 4 is 22.6 Å². The second-order valence-corrected chi connectivity index (χ2v) is 4.33. The molecule has 0 aliphatic heterocycles. The fraction of sp³-hybridized carbons (Fsp3) is 0. The Morgan fingerprint density at radius 3 is 2.80 bits per heavy atom. The lowest BCUT2D eigenvalue weighted by molar-refractivity contribution is 0.0737. The van der Waals surface area contributed by atoms with Gasteiger partial charge in [0.05, 0.1) is 16.8 Å². The van der Waals surface area contributed by atoms with Gasteiger partial charge < -0.3 is 20.6 Å². The van der Waals surface area contributed by atoms with E-state index in [4.69, 9.17) is 10.5 Å². The minimum absolute atomic E-state index is 0.0103. The topological polar surface area (TPSA) is 88.3 Å². The molecular weight excluding hydrogens is 256 g/mol. The van der Waals surface area contributed by atoms with Crippen molar-refractivity contribution in [3.63, 3.8) is 0 Å². The Bertz CT molecular complexity index is 793. The van der Waals surface area contributed by atoms with Crippen molar-refractivity contribution in [2.24, 2.45) is 0 Å². The molecular formula is C15H12N2O3. The number of fused-ring (bicyclic) bond motifs is 1. The summed E-state index contributed by atoms with van der Waals surface area (Å²) in [4.78, 5) is 15.1. The van der Waals surface area contributed by atoms with E-state index in [-0.39, 0.29) is 17.0 Å². The van der Waals surface area contributed by atoms with E-state index >= 15 is 0 Å². The third-order valence-corrected chi connectivity index (χ3v) is 3.05. The number of esters is 1. The number of ether oxygens (including phenoxy) is 1. The zero-order valence-corrected chi connectivity index (χ0v) is 10.5. The average Bonchev–Trinajstić information content (AvgIpc) is 2.91. The molecule has 0 atom stereocenters. The van der Waals surface area contributed by atoms with Crippen LogP contribution in [0.15, 0.2) is 48.7 Å². The van der Waals surface area contributed by atoms with Gasteiger partial charge in [-0.05, 0) is 24.3 Å². The number of anilines is 1. The van der Waals surface area contributed by atoms with Crippen LogP contribution in [-0.4, -0.2) is 16.1 Å². The van der Waals surface area contributed by atoms with Gasteiger partial charge in [-0.3, -0.25) is 0 Å². The maximum atomic E-state index is 12.1. The lowest BCUT2D eigenvalue weighted by Gasteiger charge is -2.08. The molecule has 1 aromatic heterocycles. The summed E-state index contributed by atoms with van der Waals surface area (Å²) in [6.45, 7) is 0. The first-order valence-electron chi connectivity index (χ1n) is 6.02. The van der Waals surface area contributed by atoms with Gasteiger partial charge in [0.1, 0.15) is 5.75 Å². The van der Waals surface area contributed by atoms with Crippen LogP contribution in [0.25, 0.3) is 10.9 Å². The zero-order valence-electron chi connectivity index (χ0n) is 10.5. The monoisotopic (exact) mass is 268 g/mol. The van der Waals surface area contributed by atoms with Gasteiger partial charge in [0.15, 0.2) is 5.75 Å². The predicted octanol–water partition coefficient (Wildman–Crippen LogP) is 2.67. The molecule has 0 spiro atoms. The molecule has 0 fully saturated rings.